The van der Waals surface area contributed by atoms with Gasteiger partial charge in [-0.15, -0.1) is 0 Å². The summed E-state index contributed by atoms with van der Waals surface area (Å²) in [7, 11) is 0. The molecule has 0 amide bonds. The Labute approximate surface area is 113 Å². The SMILES string of the molecule is O=C(O)CCNCc1cc2c(cc1Br)OCCO2. The highest BCUT2D eigenvalue weighted by Gasteiger charge is 2.14. The van der Waals surface area contributed by atoms with Crippen molar-refractivity contribution < 1.29 is 19.4 Å². The minimum Gasteiger partial charge on any atom is -0.486 e. The van der Waals surface area contributed by atoms with E-state index >= 15 is 0 Å². The van der Waals surface area contributed by atoms with Crippen molar-refractivity contribution in [3.63, 3.8) is 0 Å². The van der Waals surface area contributed by atoms with Gasteiger partial charge in [0.1, 0.15) is 13.2 Å². The van der Waals surface area contributed by atoms with Crippen LogP contribution in [-0.4, -0.2) is 30.8 Å². The number of nitrogens with one attached hydrogen (secondary N) is 1. The third kappa shape index (κ3) is 3.36. The van der Waals surface area contributed by atoms with E-state index in [2.05, 4.69) is 21.2 Å². The maximum Gasteiger partial charge on any atom is 0.304 e. The molecule has 0 unspecified atom stereocenters. The molecular formula is C12H14BrNO4. The Hall–Kier alpha value is -1.27. The highest BCUT2D eigenvalue weighted by molar-refractivity contribution is 9.10. The van der Waals surface area contributed by atoms with Crippen LogP contribution in [0.1, 0.15) is 12.0 Å². The molecule has 18 heavy (non-hydrogen) atoms. The van der Waals surface area contributed by atoms with Crippen molar-refractivity contribution in [2.24, 2.45) is 0 Å². The van der Waals surface area contributed by atoms with E-state index in [-0.39, 0.29) is 6.42 Å². The van der Waals surface area contributed by atoms with Gasteiger partial charge in [-0.2, -0.15) is 0 Å². The predicted octanol–water partition coefficient (Wildman–Crippen LogP) is 1.78. The van der Waals surface area contributed by atoms with Crippen molar-refractivity contribution in [2.75, 3.05) is 19.8 Å². The summed E-state index contributed by atoms with van der Waals surface area (Å²) in [5.41, 5.74) is 1.02. The molecule has 0 saturated heterocycles. The second-order valence-corrected chi connectivity index (χ2v) is 4.76. The third-order valence-corrected chi connectivity index (χ3v) is 3.28. The van der Waals surface area contributed by atoms with Gasteiger partial charge in [-0.05, 0) is 17.7 Å². The molecule has 0 bridgehead atoms. The molecule has 0 radical (unpaired) electrons. The van der Waals surface area contributed by atoms with Crippen LogP contribution >= 0.6 is 15.9 Å². The predicted molar refractivity (Wildman–Crippen MR) is 69.1 cm³/mol. The molecule has 98 valence electrons. The minimum atomic E-state index is -0.802. The Morgan fingerprint density at radius 3 is 2.67 bits per heavy atom. The molecule has 1 aromatic rings. The number of fused-ring (bicyclic) bond motifs is 1. The quantitative estimate of drug-likeness (QED) is 0.811. The van der Waals surface area contributed by atoms with E-state index in [1.54, 1.807) is 0 Å². The van der Waals surface area contributed by atoms with Gasteiger partial charge in [-0.3, -0.25) is 4.79 Å². The van der Waals surface area contributed by atoms with E-state index in [9.17, 15) is 4.79 Å². The van der Waals surface area contributed by atoms with E-state index in [1.165, 1.54) is 0 Å². The van der Waals surface area contributed by atoms with E-state index in [1.807, 2.05) is 12.1 Å². The number of hydrogen-bond acceptors (Lipinski definition) is 4. The molecule has 1 heterocycles. The Bertz CT molecular complexity index is 450. The van der Waals surface area contributed by atoms with Crippen LogP contribution < -0.4 is 14.8 Å². The van der Waals surface area contributed by atoms with Crippen molar-refractivity contribution >= 4 is 21.9 Å². The van der Waals surface area contributed by atoms with Crippen molar-refractivity contribution in [2.45, 2.75) is 13.0 Å². The summed E-state index contributed by atoms with van der Waals surface area (Å²) in [6.07, 6.45) is 0.113. The zero-order valence-electron chi connectivity index (χ0n) is 9.74. The van der Waals surface area contributed by atoms with Gasteiger partial charge in [0, 0.05) is 17.6 Å². The molecule has 0 atom stereocenters. The summed E-state index contributed by atoms with van der Waals surface area (Å²) in [5.74, 6) is 0.672. The molecule has 0 aromatic heterocycles. The van der Waals surface area contributed by atoms with Crippen molar-refractivity contribution in [1.29, 1.82) is 0 Å². The standard InChI is InChI=1S/C12H14BrNO4/c13-9-6-11-10(17-3-4-18-11)5-8(9)7-14-2-1-12(15)16/h5-6,14H,1-4,7H2,(H,15,16). The van der Waals surface area contributed by atoms with Gasteiger partial charge in [0.2, 0.25) is 0 Å². The van der Waals surface area contributed by atoms with Gasteiger partial charge in [0.25, 0.3) is 0 Å². The van der Waals surface area contributed by atoms with Crippen LogP contribution in [0.2, 0.25) is 0 Å². The summed E-state index contributed by atoms with van der Waals surface area (Å²) < 4.78 is 11.9. The second kappa shape index (κ2) is 6.06. The smallest absolute Gasteiger partial charge is 0.304 e. The Morgan fingerprint density at radius 2 is 2.00 bits per heavy atom. The van der Waals surface area contributed by atoms with Gasteiger partial charge in [0.05, 0.1) is 6.42 Å². The molecular weight excluding hydrogens is 302 g/mol. The molecule has 1 aliphatic heterocycles. The molecule has 0 aliphatic carbocycles. The highest BCUT2D eigenvalue weighted by atomic mass is 79.9. The topological polar surface area (TPSA) is 67.8 Å². The number of benzene rings is 1. The fourth-order valence-corrected chi connectivity index (χ4v) is 2.12. The number of carbonyl (C=O) groups is 1. The Kier molecular flexibility index (Phi) is 4.43. The summed E-state index contributed by atoms with van der Waals surface area (Å²) in [5, 5.41) is 11.6. The summed E-state index contributed by atoms with van der Waals surface area (Å²) in [6, 6.07) is 3.79. The molecule has 0 spiro atoms. The first kappa shape index (κ1) is 13.2. The summed E-state index contributed by atoms with van der Waals surface area (Å²) in [4.78, 5) is 10.4. The lowest BCUT2D eigenvalue weighted by atomic mass is 10.2. The second-order valence-electron chi connectivity index (χ2n) is 3.91. The van der Waals surface area contributed by atoms with Crippen LogP contribution in [0.5, 0.6) is 11.5 Å². The maximum absolute atomic E-state index is 10.4. The van der Waals surface area contributed by atoms with Crippen LogP contribution in [0.3, 0.4) is 0 Å². The number of aliphatic carboxylic acids is 1. The average Bonchev–Trinajstić information content (AvgIpc) is 2.34. The average molecular weight is 316 g/mol. The van der Waals surface area contributed by atoms with Gasteiger partial charge < -0.3 is 19.9 Å². The summed E-state index contributed by atoms with van der Waals surface area (Å²) >= 11 is 3.46. The van der Waals surface area contributed by atoms with Gasteiger partial charge in [-0.25, -0.2) is 0 Å². The van der Waals surface area contributed by atoms with E-state index < -0.39 is 5.97 Å². The maximum atomic E-state index is 10.4. The molecule has 0 saturated carbocycles. The normalized spacial score (nSPS) is 13.4. The van der Waals surface area contributed by atoms with Crippen molar-refractivity contribution in [3.8, 4) is 11.5 Å². The van der Waals surface area contributed by atoms with Gasteiger partial charge in [-0.1, -0.05) is 15.9 Å². The number of ether oxygens (including phenoxy) is 2. The van der Waals surface area contributed by atoms with Gasteiger partial charge in [0.15, 0.2) is 11.5 Å². The molecule has 2 rings (SSSR count). The monoisotopic (exact) mass is 315 g/mol. The Morgan fingerprint density at radius 1 is 1.33 bits per heavy atom. The number of carboxylic acid groups (broad SMARTS) is 1. The van der Waals surface area contributed by atoms with Crippen LogP contribution in [-0.2, 0) is 11.3 Å². The molecule has 2 N–H and O–H groups in total. The number of halogens is 1. The molecule has 5 nitrogen and oxygen atoms in total. The third-order valence-electron chi connectivity index (χ3n) is 2.54. The fraction of sp³-hybridized carbons (Fsp3) is 0.417. The first-order valence-corrected chi connectivity index (χ1v) is 6.46. The van der Waals surface area contributed by atoms with Crippen LogP contribution in [0.4, 0.5) is 0 Å². The molecule has 1 aliphatic rings. The molecule has 6 heteroatoms. The lowest BCUT2D eigenvalue weighted by Crippen LogP contribution is -2.19. The van der Waals surface area contributed by atoms with Crippen molar-refractivity contribution in [1.82, 2.24) is 5.32 Å². The highest BCUT2D eigenvalue weighted by Crippen LogP contribution is 2.35. The lowest BCUT2D eigenvalue weighted by molar-refractivity contribution is -0.136. The van der Waals surface area contributed by atoms with Crippen molar-refractivity contribution in [3.05, 3.63) is 22.2 Å². The van der Waals surface area contributed by atoms with Crippen LogP contribution in [0.25, 0.3) is 0 Å². The first-order chi connectivity index (χ1) is 8.66. The van der Waals surface area contributed by atoms with E-state index in [4.69, 9.17) is 14.6 Å². The summed E-state index contributed by atoms with van der Waals surface area (Å²) in [6.45, 7) is 2.15. The number of hydrogen-bond donors (Lipinski definition) is 2. The number of carboxylic acids is 1. The molecule has 1 aromatic carbocycles. The van der Waals surface area contributed by atoms with Crippen LogP contribution in [0, 0.1) is 0 Å². The Balaban J connectivity index is 1.97. The zero-order chi connectivity index (χ0) is 13.0. The fourth-order valence-electron chi connectivity index (χ4n) is 1.66. The first-order valence-electron chi connectivity index (χ1n) is 5.67. The van der Waals surface area contributed by atoms with E-state index in [0.29, 0.717) is 26.3 Å². The largest absolute Gasteiger partial charge is 0.486 e. The lowest BCUT2D eigenvalue weighted by Gasteiger charge is -2.20. The van der Waals surface area contributed by atoms with Gasteiger partial charge >= 0.3 is 5.97 Å². The molecule has 0 fully saturated rings. The number of rotatable bonds is 5. The minimum absolute atomic E-state index is 0.113. The zero-order valence-corrected chi connectivity index (χ0v) is 11.3. The van der Waals surface area contributed by atoms with Crippen LogP contribution in [0.15, 0.2) is 16.6 Å². The van der Waals surface area contributed by atoms with E-state index in [0.717, 1.165) is 21.5 Å².